The summed E-state index contributed by atoms with van der Waals surface area (Å²) >= 11 is 5.64. The van der Waals surface area contributed by atoms with E-state index < -0.39 is 28.2 Å². The third-order valence-corrected chi connectivity index (χ3v) is 3.43. The fraction of sp³-hybridized carbons (Fsp3) is 0. The molecule has 0 aliphatic carbocycles. The van der Waals surface area contributed by atoms with E-state index in [0.717, 1.165) is 18.2 Å². The standard InChI is InChI=1S/C15H6ClF2NO4/c16-8-2-1-7(11(18)4-8)3-13-14-10(15(20)23-13)5-9(17)6-12(14)19(21)22/h1-6H/b13-3-. The van der Waals surface area contributed by atoms with Crippen molar-refractivity contribution in [2.75, 3.05) is 0 Å². The number of nitrogens with zero attached hydrogens (tertiary/aromatic N) is 1. The Morgan fingerprint density at radius 2 is 1.96 bits per heavy atom. The summed E-state index contributed by atoms with van der Waals surface area (Å²) in [6, 6.07) is 5.29. The fourth-order valence-corrected chi connectivity index (χ4v) is 2.38. The van der Waals surface area contributed by atoms with E-state index >= 15 is 0 Å². The second-order valence-corrected chi connectivity index (χ2v) is 5.10. The molecule has 1 aliphatic rings. The summed E-state index contributed by atoms with van der Waals surface area (Å²) in [5.74, 6) is -2.80. The van der Waals surface area contributed by atoms with Crippen molar-refractivity contribution in [1.82, 2.24) is 0 Å². The molecule has 0 radical (unpaired) electrons. The van der Waals surface area contributed by atoms with Crippen molar-refractivity contribution >= 4 is 35.1 Å². The second kappa shape index (κ2) is 5.44. The summed E-state index contributed by atoms with van der Waals surface area (Å²) < 4.78 is 32.2. The average Bonchev–Trinajstić information content (AvgIpc) is 2.77. The van der Waals surface area contributed by atoms with Crippen LogP contribution in [0.3, 0.4) is 0 Å². The van der Waals surface area contributed by atoms with Crippen LogP contribution >= 0.6 is 11.6 Å². The van der Waals surface area contributed by atoms with Gasteiger partial charge in [-0.2, -0.15) is 0 Å². The number of esters is 1. The minimum absolute atomic E-state index is 0.0173. The van der Waals surface area contributed by atoms with Crippen LogP contribution in [-0.4, -0.2) is 10.9 Å². The first kappa shape index (κ1) is 15.1. The number of hydrogen-bond acceptors (Lipinski definition) is 4. The first-order chi connectivity index (χ1) is 10.9. The highest BCUT2D eigenvalue weighted by Gasteiger charge is 2.35. The monoisotopic (exact) mass is 337 g/mol. The molecule has 0 aromatic heterocycles. The van der Waals surface area contributed by atoms with Crippen molar-refractivity contribution in [2.45, 2.75) is 0 Å². The Kier molecular flexibility index (Phi) is 3.57. The summed E-state index contributed by atoms with van der Waals surface area (Å²) in [6.07, 6.45) is 1.13. The molecule has 116 valence electrons. The molecule has 1 heterocycles. The lowest BCUT2D eigenvalue weighted by atomic mass is 10.0. The Bertz CT molecular complexity index is 895. The van der Waals surface area contributed by atoms with E-state index in [1.807, 2.05) is 0 Å². The predicted molar refractivity (Wildman–Crippen MR) is 77.8 cm³/mol. The molecule has 0 atom stereocenters. The number of cyclic esters (lactones) is 1. The van der Waals surface area contributed by atoms with Crippen molar-refractivity contribution in [2.24, 2.45) is 0 Å². The number of nitro groups is 1. The lowest BCUT2D eigenvalue weighted by Gasteiger charge is -2.02. The molecule has 0 saturated carbocycles. The molecule has 0 saturated heterocycles. The number of ether oxygens (including phenoxy) is 1. The van der Waals surface area contributed by atoms with Crippen molar-refractivity contribution in [3.63, 3.8) is 0 Å². The molecule has 3 rings (SSSR count). The van der Waals surface area contributed by atoms with Crippen molar-refractivity contribution in [1.29, 1.82) is 0 Å². The van der Waals surface area contributed by atoms with Gasteiger partial charge in [-0.1, -0.05) is 17.7 Å². The van der Waals surface area contributed by atoms with Gasteiger partial charge in [0.05, 0.1) is 16.6 Å². The number of hydrogen-bond donors (Lipinski definition) is 0. The summed E-state index contributed by atoms with van der Waals surface area (Å²) in [7, 11) is 0. The van der Waals surface area contributed by atoms with Gasteiger partial charge in [-0.05, 0) is 24.3 Å². The highest BCUT2D eigenvalue weighted by Crippen LogP contribution is 2.38. The highest BCUT2D eigenvalue weighted by atomic mass is 35.5. The first-order valence-corrected chi connectivity index (χ1v) is 6.62. The molecule has 0 N–H and O–H groups in total. The zero-order valence-electron chi connectivity index (χ0n) is 11.2. The molecule has 5 nitrogen and oxygen atoms in total. The smallest absolute Gasteiger partial charge is 0.344 e. The van der Waals surface area contributed by atoms with Crippen LogP contribution in [0.5, 0.6) is 0 Å². The zero-order chi connectivity index (χ0) is 16.7. The van der Waals surface area contributed by atoms with Crippen LogP contribution in [0.1, 0.15) is 21.5 Å². The largest absolute Gasteiger partial charge is 0.422 e. The average molecular weight is 338 g/mol. The minimum atomic E-state index is -0.941. The van der Waals surface area contributed by atoms with Crippen LogP contribution in [0.4, 0.5) is 14.5 Å². The summed E-state index contributed by atoms with van der Waals surface area (Å²) in [6.45, 7) is 0. The number of halogens is 3. The van der Waals surface area contributed by atoms with Gasteiger partial charge in [-0.15, -0.1) is 0 Å². The molecular formula is C15H6ClF2NO4. The van der Waals surface area contributed by atoms with E-state index in [1.54, 1.807) is 0 Å². The number of nitro benzene ring substituents is 1. The predicted octanol–water partition coefficient (Wildman–Crippen LogP) is 4.19. The Morgan fingerprint density at radius 3 is 2.61 bits per heavy atom. The molecule has 8 heteroatoms. The summed E-state index contributed by atoms with van der Waals surface area (Å²) in [5.41, 5.74) is -1.08. The van der Waals surface area contributed by atoms with Crippen molar-refractivity contribution in [3.8, 4) is 0 Å². The second-order valence-electron chi connectivity index (χ2n) is 4.67. The Balaban J connectivity index is 2.21. The van der Waals surface area contributed by atoms with E-state index in [1.165, 1.54) is 12.1 Å². The molecule has 2 aromatic carbocycles. The molecule has 0 bridgehead atoms. The number of carbonyl (C=O) groups is 1. The van der Waals surface area contributed by atoms with E-state index in [2.05, 4.69) is 0 Å². The van der Waals surface area contributed by atoms with Gasteiger partial charge in [0.25, 0.3) is 5.69 Å². The normalized spacial score (nSPS) is 14.7. The molecular weight excluding hydrogens is 332 g/mol. The highest BCUT2D eigenvalue weighted by molar-refractivity contribution is 6.30. The summed E-state index contributed by atoms with van der Waals surface area (Å²) in [4.78, 5) is 22.0. The van der Waals surface area contributed by atoms with Crippen LogP contribution in [0, 0.1) is 21.7 Å². The van der Waals surface area contributed by atoms with Gasteiger partial charge in [0, 0.05) is 10.6 Å². The Labute approximate surface area is 132 Å². The zero-order valence-corrected chi connectivity index (χ0v) is 11.9. The van der Waals surface area contributed by atoms with E-state index in [9.17, 15) is 23.7 Å². The van der Waals surface area contributed by atoms with Crippen LogP contribution in [-0.2, 0) is 4.74 Å². The van der Waals surface area contributed by atoms with E-state index in [-0.39, 0.29) is 27.5 Å². The lowest BCUT2D eigenvalue weighted by Crippen LogP contribution is -1.98. The van der Waals surface area contributed by atoms with Gasteiger partial charge in [0.15, 0.2) is 0 Å². The van der Waals surface area contributed by atoms with Crippen molar-refractivity contribution < 1.29 is 23.2 Å². The lowest BCUT2D eigenvalue weighted by molar-refractivity contribution is -0.385. The third-order valence-electron chi connectivity index (χ3n) is 3.20. The molecule has 0 amide bonds. The molecule has 1 aliphatic heterocycles. The SMILES string of the molecule is O=C1O/C(=C\c2ccc(Cl)cc2F)c2c1cc(F)cc2[N+](=O)[O-]. The molecule has 0 unspecified atom stereocenters. The Hall–Kier alpha value is -2.80. The number of carbonyl (C=O) groups excluding carboxylic acids is 1. The van der Waals surface area contributed by atoms with Gasteiger partial charge in [-0.25, -0.2) is 13.6 Å². The van der Waals surface area contributed by atoms with Crippen molar-refractivity contribution in [3.05, 3.63) is 73.8 Å². The molecule has 2 aromatic rings. The maximum absolute atomic E-state index is 13.8. The quantitative estimate of drug-likeness (QED) is 0.468. The van der Waals surface area contributed by atoms with Crippen LogP contribution in [0.15, 0.2) is 30.3 Å². The fourth-order valence-electron chi connectivity index (χ4n) is 2.22. The van der Waals surface area contributed by atoms with E-state index in [0.29, 0.717) is 6.07 Å². The Morgan fingerprint density at radius 1 is 1.22 bits per heavy atom. The minimum Gasteiger partial charge on any atom is -0.422 e. The van der Waals surface area contributed by atoms with Crippen LogP contribution in [0.25, 0.3) is 11.8 Å². The third kappa shape index (κ3) is 2.66. The van der Waals surface area contributed by atoms with Gasteiger partial charge in [0.1, 0.15) is 23.0 Å². The van der Waals surface area contributed by atoms with Gasteiger partial charge in [0.2, 0.25) is 0 Å². The van der Waals surface area contributed by atoms with E-state index in [4.69, 9.17) is 16.3 Å². The first-order valence-electron chi connectivity index (χ1n) is 6.24. The molecule has 0 spiro atoms. The van der Waals surface area contributed by atoms with Crippen LogP contribution < -0.4 is 0 Å². The molecule has 0 fully saturated rings. The molecule has 23 heavy (non-hydrogen) atoms. The number of fused-ring (bicyclic) bond motifs is 1. The maximum Gasteiger partial charge on any atom is 0.344 e. The number of rotatable bonds is 2. The summed E-state index contributed by atoms with van der Waals surface area (Å²) in [5, 5.41) is 11.3. The van der Waals surface area contributed by atoms with Gasteiger partial charge < -0.3 is 4.74 Å². The number of benzene rings is 2. The van der Waals surface area contributed by atoms with Gasteiger partial charge >= 0.3 is 5.97 Å². The maximum atomic E-state index is 13.8. The topological polar surface area (TPSA) is 69.4 Å². The van der Waals surface area contributed by atoms with Gasteiger partial charge in [-0.3, -0.25) is 10.1 Å². The van der Waals surface area contributed by atoms with Crippen LogP contribution in [0.2, 0.25) is 5.02 Å².